The van der Waals surface area contributed by atoms with Crippen molar-refractivity contribution >= 4 is 10.9 Å². The van der Waals surface area contributed by atoms with Gasteiger partial charge in [-0.2, -0.15) is 0 Å². The topological polar surface area (TPSA) is 12.9 Å². The van der Waals surface area contributed by atoms with Gasteiger partial charge in [-0.05, 0) is 80.3 Å². The molecular formula is C31H27N. The highest BCUT2D eigenvalue weighted by Crippen LogP contribution is 2.35. The molecule has 0 aliphatic heterocycles. The lowest BCUT2D eigenvalue weighted by Crippen LogP contribution is -1.92. The molecule has 5 rings (SSSR count). The van der Waals surface area contributed by atoms with Crippen LogP contribution in [-0.4, -0.2) is 4.98 Å². The Labute approximate surface area is 190 Å². The number of rotatable bonds is 3. The van der Waals surface area contributed by atoms with Gasteiger partial charge in [0.25, 0.3) is 0 Å². The predicted molar refractivity (Wildman–Crippen MR) is 137 cm³/mol. The highest BCUT2D eigenvalue weighted by molar-refractivity contribution is 5.99. The lowest BCUT2D eigenvalue weighted by Gasteiger charge is -2.13. The SMILES string of the molecule is Cc1ccc(-c2ccc3nc(-c4cc(C)cc(C)c4)cc(-c4ccc(C)cc4)c3c2)cc1. The Morgan fingerprint density at radius 1 is 0.438 bits per heavy atom. The van der Waals surface area contributed by atoms with Crippen molar-refractivity contribution in [3.63, 3.8) is 0 Å². The van der Waals surface area contributed by atoms with Crippen molar-refractivity contribution in [3.05, 3.63) is 113 Å². The minimum Gasteiger partial charge on any atom is -0.248 e. The summed E-state index contributed by atoms with van der Waals surface area (Å²) in [6, 6.07) is 33.1. The van der Waals surface area contributed by atoms with E-state index >= 15 is 0 Å². The number of aromatic nitrogens is 1. The molecular weight excluding hydrogens is 386 g/mol. The van der Waals surface area contributed by atoms with Gasteiger partial charge in [0.1, 0.15) is 0 Å². The van der Waals surface area contributed by atoms with Gasteiger partial charge in [-0.15, -0.1) is 0 Å². The summed E-state index contributed by atoms with van der Waals surface area (Å²) in [5, 5.41) is 1.18. The quantitative estimate of drug-likeness (QED) is 0.289. The number of nitrogens with zero attached hydrogens (tertiary/aromatic N) is 1. The smallest absolute Gasteiger partial charge is 0.0716 e. The number of benzene rings is 4. The molecule has 32 heavy (non-hydrogen) atoms. The van der Waals surface area contributed by atoms with Crippen LogP contribution >= 0.6 is 0 Å². The highest BCUT2D eigenvalue weighted by atomic mass is 14.7. The molecule has 0 saturated carbocycles. The zero-order valence-corrected chi connectivity index (χ0v) is 19.1. The minimum absolute atomic E-state index is 1.02. The van der Waals surface area contributed by atoms with Crippen molar-refractivity contribution in [2.45, 2.75) is 27.7 Å². The van der Waals surface area contributed by atoms with E-state index in [4.69, 9.17) is 4.98 Å². The molecule has 1 nitrogen and oxygen atoms in total. The van der Waals surface area contributed by atoms with Crippen molar-refractivity contribution < 1.29 is 0 Å². The van der Waals surface area contributed by atoms with Gasteiger partial charge in [0.05, 0.1) is 11.2 Å². The normalized spacial score (nSPS) is 11.1. The Bertz CT molecular complexity index is 1400. The van der Waals surface area contributed by atoms with E-state index in [1.165, 1.54) is 55.5 Å². The Hall–Kier alpha value is -3.71. The molecule has 1 aromatic heterocycles. The van der Waals surface area contributed by atoms with E-state index in [0.29, 0.717) is 0 Å². The van der Waals surface area contributed by atoms with E-state index < -0.39 is 0 Å². The average molecular weight is 414 g/mol. The van der Waals surface area contributed by atoms with Crippen LogP contribution in [0.1, 0.15) is 22.3 Å². The first-order chi connectivity index (χ1) is 15.5. The molecule has 0 spiro atoms. The molecule has 0 amide bonds. The fourth-order valence-corrected chi connectivity index (χ4v) is 4.39. The van der Waals surface area contributed by atoms with Crippen LogP contribution in [0, 0.1) is 27.7 Å². The number of pyridine rings is 1. The standard InChI is InChI=1S/C31H27N/c1-20-5-9-24(10-6-20)26-13-14-30-29(18-26)28(25-11-7-21(2)8-12-25)19-31(32-30)27-16-22(3)15-23(4)17-27/h5-19H,1-4H3. The molecule has 0 saturated heterocycles. The lowest BCUT2D eigenvalue weighted by atomic mass is 9.94. The molecule has 5 aromatic rings. The number of aryl methyl sites for hydroxylation is 4. The number of hydrogen-bond donors (Lipinski definition) is 0. The summed E-state index contributed by atoms with van der Waals surface area (Å²) in [5.41, 5.74) is 13.1. The van der Waals surface area contributed by atoms with Crippen LogP contribution in [0.2, 0.25) is 0 Å². The largest absolute Gasteiger partial charge is 0.248 e. The van der Waals surface area contributed by atoms with Crippen molar-refractivity contribution in [1.29, 1.82) is 0 Å². The molecule has 156 valence electrons. The van der Waals surface area contributed by atoms with Crippen molar-refractivity contribution in [1.82, 2.24) is 4.98 Å². The maximum atomic E-state index is 5.08. The summed E-state index contributed by atoms with van der Waals surface area (Å²) in [5.74, 6) is 0. The first-order valence-electron chi connectivity index (χ1n) is 11.1. The van der Waals surface area contributed by atoms with E-state index in [0.717, 1.165) is 11.2 Å². The average Bonchev–Trinajstić information content (AvgIpc) is 2.78. The van der Waals surface area contributed by atoms with Gasteiger partial charge in [0, 0.05) is 10.9 Å². The van der Waals surface area contributed by atoms with Gasteiger partial charge in [-0.25, -0.2) is 4.98 Å². The third-order valence-electron chi connectivity index (χ3n) is 6.07. The van der Waals surface area contributed by atoms with Gasteiger partial charge in [0.2, 0.25) is 0 Å². The van der Waals surface area contributed by atoms with Crippen molar-refractivity contribution in [3.8, 4) is 33.5 Å². The van der Waals surface area contributed by atoms with Crippen LogP contribution in [0.25, 0.3) is 44.4 Å². The van der Waals surface area contributed by atoms with Crippen LogP contribution in [0.3, 0.4) is 0 Å². The van der Waals surface area contributed by atoms with Crippen LogP contribution in [0.15, 0.2) is 91.0 Å². The van der Waals surface area contributed by atoms with Gasteiger partial charge in [0.15, 0.2) is 0 Å². The first-order valence-corrected chi connectivity index (χ1v) is 11.1. The molecule has 0 radical (unpaired) electrons. The molecule has 0 aliphatic rings. The molecule has 0 aliphatic carbocycles. The van der Waals surface area contributed by atoms with Crippen molar-refractivity contribution in [2.24, 2.45) is 0 Å². The van der Waals surface area contributed by atoms with Crippen LogP contribution in [0.5, 0.6) is 0 Å². The van der Waals surface area contributed by atoms with Crippen molar-refractivity contribution in [2.75, 3.05) is 0 Å². The fourth-order valence-electron chi connectivity index (χ4n) is 4.39. The molecule has 0 atom stereocenters. The van der Waals surface area contributed by atoms with E-state index in [9.17, 15) is 0 Å². The van der Waals surface area contributed by atoms with Crippen LogP contribution in [-0.2, 0) is 0 Å². The minimum atomic E-state index is 1.02. The Balaban J connectivity index is 1.76. The molecule has 4 aromatic carbocycles. The summed E-state index contributed by atoms with van der Waals surface area (Å²) in [7, 11) is 0. The monoisotopic (exact) mass is 413 g/mol. The summed E-state index contributed by atoms with van der Waals surface area (Å²) in [4.78, 5) is 5.08. The second kappa shape index (κ2) is 8.09. The molecule has 0 N–H and O–H groups in total. The van der Waals surface area contributed by atoms with Gasteiger partial charge < -0.3 is 0 Å². The van der Waals surface area contributed by atoms with E-state index in [-0.39, 0.29) is 0 Å². The maximum Gasteiger partial charge on any atom is 0.0716 e. The summed E-state index contributed by atoms with van der Waals surface area (Å²) in [6.07, 6.45) is 0. The molecule has 1 heterocycles. The predicted octanol–water partition coefficient (Wildman–Crippen LogP) is 8.47. The zero-order chi connectivity index (χ0) is 22.2. The summed E-state index contributed by atoms with van der Waals surface area (Å²) >= 11 is 0. The summed E-state index contributed by atoms with van der Waals surface area (Å²) < 4.78 is 0. The van der Waals surface area contributed by atoms with Gasteiger partial charge >= 0.3 is 0 Å². The van der Waals surface area contributed by atoms with Crippen LogP contribution < -0.4 is 0 Å². The molecule has 0 fully saturated rings. The highest BCUT2D eigenvalue weighted by Gasteiger charge is 2.12. The fraction of sp³-hybridized carbons (Fsp3) is 0.129. The second-order valence-corrected chi connectivity index (χ2v) is 8.90. The third kappa shape index (κ3) is 3.94. The zero-order valence-electron chi connectivity index (χ0n) is 19.1. The van der Waals surface area contributed by atoms with Gasteiger partial charge in [-0.3, -0.25) is 0 Å². The molecule has 1 heteroatoms. The summed E-state index contributed by atoms with van der Waals surface area (Å²) in [6.45, 7) is 8.54. The van der Waals surface area contributed by atoms with E-state index in [1.807, 2.05) is 0 Å². The van der Waals surface area contributed by atoms with E-state index in [1.54, 1.807) is 0 Å². The lowest BCUT2D eigenvalue weighted by molar-refractivity contribution is 1.34. The second-order valence-electron chi connectivity index (χ2n) is 8.90. The van der Waals surface area contributed by atoms with Gasteiger partial charge in [-0.1, -0.05) is 82.9 Å². The number of fused-ring (bicyclic) bond motifs is 1. The first kappa shape index (κ1) is 20.2. The Kier molecular flexibility index (Phi) is 5.11. The third-order valence-corrected chi connectivity index (χ3v) is 6.07. The maximum absolute atomic E-state index is 5.08. The van der Waals surface area contributed by atoms with E-state index in [2.05, 4.69) is 119 Å². The van der Waals surface area contributed by atoms with Crippen LogP contribution in [0.4, 0.5) is 0 Å². The Morgan fingerprint density at radius 2 is 1.00 bits per heavy atom. The molecule has 0 bridgehead atoms. The number of hydrogen-bond acceptors (Lipinski definition) is 1. The Morgan fingerprint density at radius 3 is 1.62 bits per heavy atom. The molecule has 0 unspecified atom stereocenters.